The highest BCUT2D eigenvalue weighted by atomic mass is 32.2. The summed E-state index contributed by atoms with van der Waals surface area (Å²) in [7, 11) is -3.58. The fourth-order valence-electron chi connectivity index (χ4n) is 2.02. The molecule has 0 radical (unpaired) electrons. The van der Waals surface area contributed by atoms with Crippen LogP contribution in [0.4, 0.5) is 0 Å². The van der Waals surface area contributed by atoms with Crippen molar-refractivity contribution in [1.29, 1.82) is 0 Å². The van der Waals surface area contributed by atoms with Crippen molar-refractivity contribution in [3.8, 4) is 0 Å². The maximum atomic E-state index is 12.7. The molecule has 0 spiro atoms. The van der Waals surface area contributed by atoms with Gasteiger partial charge in [0.1, 0.15) is 11.4 Å². The molecule has 0 unspecified atom stereocenters. The van der Waals surface area contributed by atoms with Crippen molar-refractivity contribution in [2.24, 2.45) is 0 Å². The third kappa shape index (κ3) is 4.96. The van der Waals surface area contributed by atoms with Gasteiger partial charge in [-0.3, -0.25) is 0 Å². The molecular weight excluding hydrogens is 308 g/mol. The molecule has 0 saturated heterocycles. The molecule has 0 N–H and O–H groups in total. The van der Waals surface area contributed by atoms with Gasteiger partial charge in [-0.05, 0) is 39.8 Å². The second-order valence-corrected chi connectivity index (χ2v) is 8.22. The lowest BCUT2D eigenvalue weighted by molar-refractivity contribution is 0.0973. The first-order chi connectivity index (χ1) is 10.7. The average Bonchev–Trinajstić information content (AvgIpc) is 2.46. The minimum atomic E-state index is -3.58. The lowest BCUT2D eigenvalue weighted by atomic mass is 10.1. The Bertz CT molecular complexity index is 781. The van der Waals surface area contributed by atoms with Gasteiger partial charge in [0.05, 0.1) is 10.3 Å². The smallest absolute Gasteiger partial charge is 0.203 e. The first kappa shape index (κ1) is 17.3. The molecule has 0 saturated carbocycles. The fourth-order valence-corrected chi connectivity index (χ4v) is 3.14. The van der Waals surface area contributed by atoms with Gasteiger partial charge >= 0.3 is 0 Å². The van der Waals surface area contributed by atoms with Crippen LogP contribution in [0.3, 0.4) is 0 Å². The topological polar surface area (TPSA) is 43.4 Å². The molecule has 0 fully saturated rings. The summed E-state index contributed by atoms with van der Waals surface area (Å²) in [4.78, 5) is 0.258. The SMILES string of the molecule is Cc1ccc(S(=O)(=O)/C=C(\OC(C)(C)C)c2ccccc2)cc1. The van der Waals surface area contributed by atoms with Gasteiger partial charge in [-0.25, -0.2) is 8.42 Å². The van der Waals surface area contributed by atoms with Crippen molar-refractivity contribution < 1.29 is 13.2 Å². The quantitative estimate of drug-likeness (QED) is 0.771. The third-order valence-corrected chi connectivity index (χ3v) is 4.54. The zero-order valence-electron chi connectivity index (χ0n) is 13.9. The van der Waals surface area contributed by atoms with E-state index in [0.717, 1.165) is 11.1 Å². The number of rotatable bonds is 4. The zero-order valence-corrected chi connectivity index (χ0v) is 14.7. The van der Waals surface area contributed by atoms with E-state index < -0.39 is 15.4 Å². The van der Waals surface area contributed by atoms with Crippen molar-refractivity contribution in [2.75, 3.05) is 0 Å². The number of ether oxygens (including phenoxy) is 1. The molecule has 4 heteroatoms. The van der Waals surface area contributed by atoms with E-state index in [4.69, 9.17) is 4.74 Å². The van der Waals surface area contributed by atoms with E-state index in [2.05, 4.69) is 0 Å². The van der Waals surface area contributed by atoms with E-state index in [1.165, 1.54) is 5.41 Å². The Hall–Kier alpha value is -2.07. The van der Waals surface area contributed by atoms with E-state index in [1.807, 2.05) is 58.0 Å². The Balaban J connectivity index is 2.49. The lowest BCUT2D eigenvalue weighted by Gasteiger charge is -2.23. The van der Waals surface area contributed by atoms with Crippen molar-refractivity contribution in [3.63, 3.8) is 0 Å². The van der Waals surface area contributed by atoms with Crippen LogP contribution in [-0.2, 0) is 14.6 Å². The lowest BCUT2D eigenvalue weighted by Crippen LogP contribution is -2.18. The van der Waals surface area contributed by atoms with Crippen LogP contribution in [0.2, 0.25) is 0 Å². The summed E-state index contributed by atoms with van der Waals surface area (Å²) in [6.45, 7) is 7.59. The third-order valence-electron chi connectivity index (χ3n) is 3.09. The Kier molecular flexibility index (Phi) is 4.95. The van der Waals surface area contributed by atoms with Gasteiger partial charge in [0.2, 0.25) is 9.84 Å². The van der Waals surface area contributed by atoms with Crippen LogP contribution in [0.25, 0.3) is 5.76 Å². The molecule has 122 valence electrons. The predicted molar refractivity (Wildman–Crippen MR) is 93.6 cm³/mol. The summed E-state index contributed by atoms with van der Waals surface area (Å²) in [5, 5.41) is 1.21. The highest BCUT2D eigenvalue weighted by molar-refractivity contribution is 7.94. The van der Waals surface area contributed by atoms with Crippen LogP contribution in [0.1, 0.15) is 31.9 Å². The van der Waals surface area contributed by atoms with Gasteiger partial charge in [-0.2, -0.15) is 0 Å². The van der Waals surface area contributed by atoms with Gasteiger partial charge in [0, 0.05) is 5.56 Å². The summed E-state index contributed by atoms with van der Waals surface area (Å²) in [5.74, 6) is 0.346. The molecule has 2 rings (SSSR count). The second kappa shape index (κ2) is 6.59. The average molecular weight is 330 g/mol. The first-order valence-corrected chi connectivity index (χ1v) is 9.00. The van der Waals surface area contributed by atoms with Crippen LogP contribution < -0.4 is 0 Å². The number of benzene rings is 2. The molecule has 0 heterocycles. The van der Waals surface area contributed by atoms with Crippen LogP contribution in [-0.4, -0.2) is 14.0 Å². The Labute approximate surface area is 138 Å². The molecule has 0 aliphatic heterocycles. The number of sulfone groups is 1. The molecule has 0 aromatic heterocycles. The summed E-state index contributed by atoms with van der Waals surface area (Å²) in [6.07, 6.45) is 0. The van der Waals surface area contributed by atoms with Crippen LogP contribution in [0.5, 0.6) is 0 Å². The van der Waals surface area contributed by atoms with E-state index >= 15 is 0 Å². The van der Waals surface area contributed by atoms with Gasteiger partial charge < -0.3 is 4.74 Å². The van der Waals surface area contributed by atoms with E-state index in [1.54, 1.807) is 24.3 Å². The van der Waals surface area contributed by atoms with Crippen LogP contribution >= 0.6 is 0 Å². The van der Waals surface area contributed by atoms with Crippen molar-refractivity contribution in [3.05, 3.63) is 71.1 Å². The molecule has 0 bridgehead atoms. The van der Waals surface area contributed by atoms with Crippen molar-refractivity contribution >= 4 is 15.6 Å². The van der Waals surface area contributed by atoms with E-state index in [9.17, 15) is 8.42 Å². The maximum Gasteiger partial charge on any atom is 0.203 e. The van der Waals surface area contributed by atoms with E-state index in [-0.39, 0.29) is 4.90 Å². The maximum absolute atomic E-state index is 12.7. The standard InChI is InChI=1S/C19H22O3S/c1-15-10-12-17(13-11-15)23(20,21)14-18(22-19(2,3)4)16-8-6-5-7-9-16/h5-14H,1-4H3/b18-14-. The van der Waals surface area contributed by atoms with Gasteiger partial charge in [-0.1, -0.05) is 48.0 Å². The molecule has 23 heavy (non-hydrogen) atoms. The normalized spacial score (nSPS) is 13.0. The summed E-state index contributed by atoms with van der Waals surface area (Å²) < 4.78 is 31.2. The molecular formula is C19H22O3S. The van der Waals surface area contributed by atoms with Crippen LogP contribution in [0.15, 0.2) is 64.9 Å². The monoisotopic (exact) mass is 330 g/mol. The molecule has 2 aromatic carbocycles. The van der Waals surface area contributed by atoms with Crippen LogP contribution in [0, 0.1) is 6.92 Å². The van der Waals surface area contributed by atoms with Gasteiger partial charge in [-0.15, -0.1) is 0 Å². The molecule has 3 nitrogen and oxygen atoms in total. The highest BCUT2D eigenvalue weighted by Gasteiger charge is 2.19. The van der Waals surface area contributed by atoms with E-state index in [0.29, 0.717) is 5.76 Å². The molecule has 0 aliphatic rings. The Morgan fingerprint density at radius 3 is 2.04 bits per heavy atom. The van der Waals surface area contributed by atoms with Crippen molar-refractivity contribution in [2.45, 2.75) is 38.2 Å². The first-order valence-electron chi connectivity index (χ1n) is 7.45. The summed E-state index contributed by atoms with van der Waals surface area (Å²) in [6, 6.07) is 16.1. The molecule has 2 aromatic rings. The number of aryl methyl sites for hydroxylation is 1. The second-order valence-electron chi connectivity index (χ2n) is 6.42. The Morgan fingerprint density at radius 2 is 1.52 bits per heavy atom. The van der Waals surface area contributed by atoms with Crippen molar-refractivity contribution in [1.82, 2.24) is 0 Å². The highest BCUT2D eigenvalue weighted by Crippen LogP contribution is 2.26. The molecule has 0 amide bonds. The minimum Gasteiger partial charge on any atom is -0.487 e. The Morgan fingerprint density at radius 1 is 0.957 bits per heavy atom. The van der Waals surface area contributed by atoms with Gasteiger partial charge in [0.25, 0.3) is 0 Å². The number of hydrogen-bond donors (Lipinski definition) is 0. The zero-order chi connectivity index (χ0) is 17.1. The molecule has 0 aliphatic carbocycles. The predicted octanol–water partition coefficient (Wildman–Crippen LogP) is 4.58. The largest absolute Gasteiger partial charge is 0.487 e. The number of hydrogen-bond acceptors (Lipinski definition) is 3. The summed E-state index contributed by atoms with van der Waals surface area (Å²) >= 11 is 0. The summed E-state index contributed by atoms with van der Waals surface area (Å²) in [5.41, 5.74) is 1.25. The molecule has 0 atom stereocenters. The fraction of sp³-hybridized carbons (Fsp3) is 0.263. The minimum absolute atomic E-state index is 0.258. The van der Waals surface area contributed by atoms with Gasteiger partial charge in [0.15, 0.2) is 0 Å².